The number of unbranched alkanes of at least 4 members (excludes halogenated alkanes) is 1. The van der Waals surface area contributed by atoms with Crippen molar-refractivity contribution in [3.8, 4) is 0 Å². The number of hydrogen-bond acceptors (Lipinski definition) is 7. The summed E-state index contributed by atoms with van der Waals surface area (Å²) in [7, 11) is 0. The van der Waals surface area contributed by atoms with E-state index < -0.39 is 23.4 Å². The van der Waals surface area contributed by atoms with Crippen LogP contribution < -0.4 is 11.0 Å². The number of aromatic amines is 2. The van der Waals surface area contributed by atoms with E-state index in [4.69, 9.17) is 4.74 Å². The zero-order valence-corrected chi connectivity index (χ0v) is 18.8. The molecule has 0 spiro atoms. The van der Waals surface area contributed by atoms with Gasteiger partial charge in [0, 0.05) is 18.6 Å². The molecule has 0 saturated carbocycles. The van der Waals surface area contributed by atoms with Gasteiger partial charge in [0.2, 0.25) is 5.91 Å². The minimum atomic E-state index is -1.01. The molecule has 2 heterocycles. The van der Waals surface area contributed by atoms with Gasteiger partial charge in [-0.05, 0) is 25.3 Å². The molecule has 1 unspecified atom stereocenters. The fourth-order valence-corrected chi connectivity index (χ4v) is 4.13. The average molecular weight is 473 g/mol. The van der Waals surface area contributed by atoms with Crippen LogP contribution in [0.1, 0.15) is 60.3 Å². The molecule has 1 aromatic heterocycles. The number of imidazole rings is 1. The van der Waals surface area contributed by atoms with Crippen molar-refractivity contribution in [2.75, 3.05) is 6.61 Å². The van der Waals surface area contributed by atoms with Crippen molar-refractivity contribution in [1.82, 2.24) is 15.3 Å². The lowest BCUT2D eigenvalue weighted by molar-refractivity contribution is -0.143. The SMILES string of the molecule is CCOC(=O)CCCCC(=O)c1[nH]c(=O)[nH]c1CSC1=NC(=O)C(c2ccccc2)C(=O)N1. The topological polar surface area (TPSA) is 151 Å². The second-order valence-corrected chi connectivity index (χ2v) is 8.21. The molecular formula is C22H24N4O6S. The minimum absolute atomic E-state index is 0.104. The number of hydrogen-bond donors (Lipinski definition) is 3. The standard InChI is InChI=1S/C22H24N4O6S/c1-2-32-16(28)11-7-6-10-15(27)18-14(23-21(31)24-18)12-33-22-25-19(29)17(20(30)26-22)13-8-4-3-5-9-13/h3-5,8-9,17H,2,6-7,10-12H2,1H3,(H2,23,24,31)(H,25,26,29,30). The summed E-state index contributed by atoms with van der Waals surface area (Å²) in [5.41, 5.74) is 0.503. The number of ketones is 1. The van der Waals surface area contributed by atoms with E-state index in [1.165, 1.54) is 0 Å². The van der Waals surface area contributed by atoms with E-state index >= 15 is 0 Å². The summed E-state index contributed by atoms with van der Waals surface area (Å²) < 4.78 is 4.85. The lowest BCUT2D eigenvalue weighted by atomic mass is 9.97. The van der Waals surface area contributed by atoms with E-state index in [1.54, 1.807) is 37.3 Å². The molecule has 0 aliphatic carbocycles. The molecule has 1 atom stereocenters. The Morgan fingerprint density at radius 3 is 2.48 bits per heavy atom. The van der Waals surface area contributed by atoms with E-state index in [9.17, 15) is 24.0 Å². The summed E-state index contributed by atoms with van der Waals surface area (Å²) in [4.78, 5) is 69.6. The first kappa shape index (κ1) is 24.2. The summed E-state index contributed by atoms with van der Waals surface area (Å²) in [6.07, 6.45) is 1.34. The number of benzene rings is 1. The summed E-state index contributed by atoms with van der Waals surface area (Å²) in [6, 6.07) is 8.63. The normalized spacial score (nSPS) is 15.7. The van der Waals surface area contributed by atoms with Crippen molar-refractivity contribution < 1.29 is 23.9 Å². The smallest absolute Gasteiger partial charge is 0.323 e. The number of rotatable bonds is 10. The maximum Gasteiger partial charge on any atom is 0.323 e. The number of thioether (sulfide) groups is 1. The number of aliphatic imine (C=N–C) groups is 1. The molecule has 174 valence electrons. The van der Waals surface area contributed by atoms with Gasteiger partial charge in [-0.1, -0.05) is 42.1 Å². The maximum absolute atomic E-state index is 12.5. The Morgan fingerprint density at radius 1 is 1.06 bits per heavy atom. The number of Topliss-reactive ketones (excluding diaryl/α,β-unsaturated/α-hetero) is 1. The highest BCUT2D eigenvalue weighted by Gasteiger charge is 2.33. The van der Waals surface area contributed by atoms with E-state index in [0.717, 1.165) is 11.8 Å². The van der Waals surface area contributed by atoms with Gasteiger partial charge in [0.25, 0.3) is 5.91 Å². The lowest BCUT2D eigenvalue weighted by Crippen LogP contribution is -2.41. The molecule has 1 aromatic carbocycles. The Labute approximate surface area is 193 Å². The first-order chi connectivity index (χ1) is 15.9. The number of amidine groups is 1. The van der Waals surface area contributed by atoms with E-state index in [2.05, 4.69) is 20.3 Å². The summed E-state index contributed by atoms with van der Waals surface area (Å²) >= 11 is 1.03. The van der Waals surface area contributed by atoms with Crippen LogP contribution in [-0.2, 0) is 24.9 Å². The molecule has 0 radical (unpaired) electrons. The monoisotopic (exact) mass is 472 g/mol. The fourth-order valence-electron chi connectivity index (χ4n) is 3.31. The van der Waals surface area contributed by atoms with Crippen LogP contribution in [0.2, 0.25) is 0 Å². The number of nitrogens with one attached hydrogen (secondary N) is 3. The summed E-state index contributed by atoms with van der Waals surface area (Å²) in [5.74, 6) is -2.53. The van der Waals surface area contributed by atoms with Crippen molar-refractivity contribution in [3.05, 3.63) is 57.8 Å². The summed E-state index contributed by atoms with van der Waals surface area (Å²) in [5, 5.41) is 2.71. The Balaban J connectivity index is 1.58. The highest BCUT2D eigenvalue weighted by molar-refractivity contribution is 8.13. The third kappa shape index (κ3) is 6.51. The molecule has 0 fully saturated rings. The van der Waals surface area contributed by atoms with Crippen molar-refractivity contribution >= 4 is 40.5 Å². The van der Waals surface area contributed by atoms with E-state index in [1.807, 2.05) is 0 Å². The number of amides is 2. The van der Waals surface area contributed by atoms with Crippen LogP contribution in [0.5, 0.6) is 0 Å². The van der Waals surface area contributed by atoms with Gasteiger partial charge in [0.05, 0.1) is 12.3 Å². The molecule has 1 aliphatic heterocycles. The molecule has 2 amide bonds. The Kier molecular flexibility index (Phi) is 8.36. The van der Waals surface area contributed by atoms with Crippen LogP contribution in [0.4, 0.5) is 0 Å². The fraction of sp³-hybridized carbons (Fsp3) is 0.364. The first-order valence-corrected chi connectivity index (χ1v) is 11.5. The second kappa shape index (κ2) is 11.4. The number of nitrogens with zero attached hydrogens (tertiary/aromatic N) is 1. The van der Waals surface area contributed by atoms with Crippen LogP contribution in [-0.4, -0.2) is 45.3 Å². The van der Waals surface area contributed by atoms with Gasteiger partial charge in [0.1, 0.15) is 11.6 Å². The number of carbonyl (C=O) groups excluding carboxylic acids is 4. The number of esters is 1. The van der Waals surface area contributed by atoms with E-state index in [0.29, 0.717) is 30.7 Å². The highest BCUT2D eigenvalue weighted by atomic mass is 32.2. The van der Waals surface area contributed by atoms with Crippen molar-refractivity contribution in [2.24, 2.45) is 4.99 Å². The third-order valence-corrected chi connectivity index (χ3v) is 5.76. The number of ether oxygens (including phenoxy) is 1. The Morgan fingerprint density at radius 2 is 1.79 bits per heavy atom. The van der Waals surface area contributed by atoms with Gasteiger partial charge in [-0.25, -0.2) is 4.79 Å². The van der Waals surface area contributed by atoms with Gasteiger partial charge in [0.15, 0.2) is 11.0 Å². The quantitative estimate of drug-likeness (QED) is 0.207. The molecule has 3 N–H and O–H groups in total. The number of carbonyl (C=O) groups is 4. The number of aromatic nitrogens is 2. The number of H-pyrrole nitrogens is 2. The Hall–Kier alpha value is -3.47. The van der Waals surface area contributed by atoms with Crippen LogP contribution >= 0.6 is 11.8 Å². The van der Waals surface area contributed by atoms with Crippen LogP contribution in [0, 0.1) is 0 Å². The van der Waals surface area contributed by atoms with Gasteiger partial charge in [-0.3, -0.25) is 19.2 Å². The molecule has 2 aromatic rings. The predicted octanol–water partition coefficient (Wildman–Crippen LogP) is 2.04. The van der Waals surface area contributed by atoms with Crippen molar-refractivity contribution in [3.63, 3.8) is 0 Å². The molecular weight excluding hydrogens is 448 g/mol. The molecule has 11 heteroatoms. The van der Waals surface area contributed by atoms with Gasteiger partial charge >= 0.3 is 11.7 Å². The van der Waals surface area contributed by atoms with Crippen LogP contribution in [0.3, 0.4) is 0 Å². The van der Waals surface area contributed by atoms with Gasteiger partial charge in [-0.2, -0.15) is 4.99 Å². The van der Waals surface area contributed by atoms with Gasteiger partial charge in [-0.15, -0.1) is 0 Å². The molecule has 10 nitrogen and oxygen atoms in total. The second-order valence-electron chi connectivity index (χ2n) is 7.24. The third-order valence-electron chi connectivity index (χ3n) is 4.86. The minimum Gasteiger partial charge on any atom is -0.466 e. The van der Waals surface area contributed by atoms with Crippen molar-refractivity contribution in [1.29, 1.82) is 0 Å². The summed E-state index contributed by atoms with van der Waals surface area (Å²) in [6.45, 7) is 2.04. The van der Waals surface area contributed by atoms with Crippen molar-refractivity contribution in [2.45, 2.75) is 44.3 Å². The highest BCUT2D eigenvalue weighted by Crippen LogP contribution is 2.23. The zero-order valence-electron chi connectivity index (χ0n) is 18.0. The molecule has 0 saturated heterocycles. The first-order valence-electron chi connectivity index (χ1n) is 10.5. The Bertz CT molecular complexity index is 1120. The largest absolute Gasteiger partial charge is 0.466 e. The molecule has 33 heavy (non-hydrogen) atoms. The van der Waals surface area contributed by atoms with Crippen LogP contribution in [0.25, 0.3) is 0 Å². The lowest BCUT2D eigenvalue weighted by Gasteiger charge is -2.19. The molecule has 1 aliphatic rings. The average Bonchev–Trinajstić information content (AvgIpc) is 3.16. The van der Waals surface area contributed by atoms with E-state index in [-0.39, 0.29) is 41.2 Å². The maximum atomic E-state index is 12.5. The van der Waals surface area contributed by atoms with Crippen LogP contribution in [0.15, 0.2) is 40.1 Å². The van der Waals surface area contributed by atoms with Gasteiger partial charge < -0.3 is 20.0 Å². The zero-order chi connectivity index (χ0) is 23.8. The molecule has 3 rings (SSSR count). The molecule has 0 bridgehead atoms. The predicted molar refractivity (Wildman–Crippen MR) is 122 cm³/mol.